The second-order valence-corrected chi connectivity index (χ2v) is 4.58. The molecule has 1 aromatic heterocycles. The number of hydrogen-bond donors (Lipinski definition) is 1. The first-order chi connectivity index (χ1) is 9.91. The molecule has 1 aromatic carbocycles. The Kier molecular flexibility index (Phi) is 4.20. The van der Waals surface area contributed by atoms with Crippen LogP contribution >= 0.6 is 0 Å². The summed E-state index contributed by atoms with van der Waals surface area (Å²) >= 11 is 0. The highest BCUT2D eigenvalue weighted by molar-refractivity contribution is 5.94. The SMILES string of the molecule is CC(CN(C)C(=O)c1ccc(F)c(F)c1F)c1nn[nH]n1. The molecule has 0 saturated heterocycles. The molecule has 0 saturated carbocycles. The molecule has 0 aliphatic rings. The fourth-order valence-electron chi connectivity index (χ4n) is 1.85. The maximum atomic E-state index is 13.6. The first kappa shape index (κ1) is 14.9. The van der Waals surface area contributed by atoms with Crippen LogP contribution in [0.4, 0.5) is 13.2 Å². The van der Waals surface area contributed by atoms with Crippen LogP contribution in [0.5, 0.6) is 0 Å². The number of H-pyrrole nitrogens is 1. The van der Waals surface area contributed by atoms with Crippen molar-refractivity contribution >= 4 is 5.91 Å². The van der Waals surface area contributed by atoms with Gasteiger partial charge in [0.05, 0.1) is 5.56 Å². The zero-order valence-electron chi connectivity index (χ0n) is 11.3. The van der Waals surface area contributed by atoms with Crippen LogP contribution in [0.3, 0.4) is 0 Å². The standard InChI is InChI=1S/C12H12F3N5O/c1-6(11-16-18-19-17-11)5-20(2)12(21)7-3-4-8(13)10(15)9(7)14/h3-4,6H,5H2,1-2H3,(H,16,17,18,19). The Hall–Kier alpha value is -2.45. The third kappa shape index (κ3) is 3.01. The van der Waals surface area contributed by atoms with Gasteiger partial charge in [0, 0.05) is 19.5 Å². The van der Waals surface area contributed by atoms with E-state index in [1.165, 1.54) is 11.9 Å². The molecule has 0 bridgehead atoms. The van der Waals surface area contributed by atoms with Crippen LogP contribution in [0.1, 0.15) is 29.0 Å². The Morgan fingerprint density at radius 3 is 2.67 bits per heavy atom. The Balaban J connectivity index is 2.14. The van der Waals surface area contributed by atoms with Crippen LogP contribution < -0.4 is 0 Å². The first-order valence-electron chi connectivity index (χ1n) is 6.04. The highest BCUT2D eigenvalue weighted by atomic mass is 19.2. The number of carbonyl (C=O) groups excluding carboxylic acids is 1. The van der Waals surface area contributed by atoms with Crippen LogP contribution in [0.2, 0.25) is 0 Å². The number of hydrogen-bond acceptors (Lipinski definition) is 4. The van der Waals surface area contributed by atoms with E-state index in [0.29, 0.717) is 11.9 Å². The second kappa shape index (κ2) is 5.90. The van der Waals surface area contributed by atoms with Crippen LogP contribution in [-0.2, 0) is 0 Å². The number of amides is 1. The van der Waals surface area contributed by atoms with E-state index in [1.807, 2.05) is 0 Å². The molecule has 0 spiro atoms. The summed E-state index contributed by atoms with van der Waals surface area (Å²) in [6.07, 6.45) is 0. The minimum Gasteiger partial charge on any atom is -0.341 e. The summed E-state index contributed by atoms with van der Waals surface area (Å²) in [4.78, 5) is 13.2. The van der Waals surface area contributed by atoms with Crippen LogP contribution in [0.15, 0.2) is 12.1 Å². The second-order valence-electron chi connectivity index (χ2n) is 4.58. The Morgan fingerprint density at radius 1 is 1.33 bits per heavy atom. The van der Waals surface area contributed by atoms with Gasteiger partial charge in [-0.25, -0.2) is 13.2 Å². The number of halogens is 3. The van der Waals surface area contributed by atoms with E-state index >= 15 is 0 Å². The number of nitrogens with zero attached hydrogens (tertiary/aromatic N) is 4. The molecule has 2 aromatic rings. The molecule has 0 aliphatic heterocycles. The fraction of sp³-hybridized carbons (Fsp3) is 0.333. The van der Waals surface area contributed by atoms with E-state index in [1.54, 1.807) is 6.92 Å². The molecule has 6 nitrogen and oxygen atoms in total. The maximum Gasteiger partial charge on any atom is 0.256 e. The van der Waals surface area contributed by atoms with Crippen molar-refractivity contribution in [1.82, 2.24) is 25.5 Å². The van der Waals surface area contributed by atoms with Gasteiger partial charge in [-0.2, -0.15) is 5.21 Å². The third-order valence-electron chi connectivity index (χ3n) is 2.96. The van der Waals surface area contributed by atoms with Gasteiger partial charge in [0.1, 0.15) is 0 Å². The first-order valence-corrected chi connectivity index (χ1v) is 6.04. The quantitative estimate of drug-likeness (QED) is 0.868. The van der Waals surface area contributed by atoms with Crippen molar-refractivity contribution in [3.63, 3.8) is 0 Å². The van der Waals surface area contributed by atoms with Gasteiger partial charge in [0.15, 0.2) is 23.3 Å². The number of carbonyl (C=O) groups is 1. The number of nitrogens with one attached hydrogen (secondary N) is 1. The largest absolute Gasteiger partial charge is 0.341 e. The van der Waals surface area contributed by atoms with Crippen molar-refractivity contribution in [1.29, 1.82) is 0 Å². The topological polar surface area (TPSA) is 74.8 Å². The number of tetrazole rings is 1. The highest BCUT2D eigenvalue weighted by Crippen LogP contribution is 2.18. The predicted octanol–water partition coefficient (Wildman–Crippen LogP) is 1.49. The van der Waals surface area contributed by atoms with Crippen LogP contribution in [0, 0.1) is 17.5 Å². The van der Waals surface area contributed by atoms with E-state index in [9.17, 15) is 18.0 Å². The number of likely N-dealkylation sites (N-methyl/N-ethyl adjacent to an activating group) is 1. The van der Waals surface area contributed by atoms with E-state index in [4.69, 9.17) is 0 Å². The lowest BCUT2D eigenvalue weighted by Gasteiger charge is -2.20. The van der Waals surface area contributed by atoms with Gasteiger partial charge < -0.3 is 4.90 Å². The molecule has 1 amide bonds. The van der Waals surface area contributed by atoms with Crippen molar-refractivity contribution in [3.8, 4) is 0 Å². The summed E-state index contributed by atoms with van der Waals surface area (Å²) < 4.78 is 39.6. The fourth-order valence-corrected chi connectivity index (χ4v) is 1.85. The molecule has 2 rings (SSSR count). The van der Waals surface area contributed by atoms with Gasteiger partial charge in [-0.15, -0.1) is 10.2 Å². The smallest absolute Gasteiger partial charge is 0.256 e. The van der Waals surface area contributed by atoms with E-state index in [0.717, 1.165) is 6.07 Å². The molecule has 21 heavy (non-hydrogen) atoms. The van der Waals surface area contributed by atoms with E-state index < -0.39 is 28.9 Å². The van der Waals surface area contributed by atoms with Gasteiger partial charge >= 0.3 is 0 Å². The predicted molar refractivity (Wildman–Crippen MR) is 65.9 cm³/mol. The third-order valence-corrected chi connectivity index (χ3v) is 2.96. The average molecular weight is 299 g/mol. The van der Waals surface area contributed by atoms with Crippen molar-refractivity contribution in [2.45, 2.75) is 12.8 Å². The number of benzene rings is 1. The summed E-state index contributed by atoms with van der Waals surface area (Å²) in [5, 5.41) is 13.2. The lowest BCUT2D eigenvalue weighted by atomic mass is 10.1. The Labute approximate surface area is 118 Å². The van der Waals surface area contributed by atoms with Gasteiger partial charge in [-0.1, -0.05) is 12.1 Å². The Bertz CT molecular complexity index is 647. The van der Waals surface area contributed by atoms with Gasteiger partial charge in [-0.05, 0) is 12.1 Å². The van der Waals surface area contributed by atoms with Crippen molar-refractivity contribution in [2.75, 3.05) is 13.6 Å². The summed E-state index contributed by atoms with van der Waals surface area (Å²) in [7, 11) is 1.42. The number of aromatic amines is 1. The minimum absolute atomic E-state index is 0.163. The highest BCUT2D eigenvalue weighted by Gasteiger charge is 2.23. The zero-order chi connectivity index (χ0) is 15.6. The molecule has 0 aliphatic carbocycles. The van der Waals surface area contributed by atoms with Gasteiger partial charge in [-0.3, -0.25) is 4.79 Å². The molecular weight excluding hydrogens is 287 g/mol. The van der Waals surface area contributed by atoms with Crippen LogP contribution in [-0.4, -0.2) is 45.0 Å². The molecular formula is C12H12F3N5O. The molecule has 112 valence electrons. The van der Waals surface area contributed by atoms with Crippen LogP contribution in [0.25, 0.3) is 0 Å². The molecule has 9 heteroatoms. The van der Waals surface area contributed by atoms with E-state index in [2.05, 4.69) is 20.6 Å². The lowest BCUT2D eigenvalue weighted by Crippen LogP contribution is -2.31. The van der Waals surface area contributed by atoms with E-state index in [-0.39, 0.29) is 12.5 Å². The number of aromatic nitrogens is 4. The van der Waals surface area contributed by atoms with Gasteiger partial charge in [0.25, 0.3) is 5.91 Å². The average Bonchev–Trinajstić information content (AvgIpc) is 2.98. The summed E-state index contributed by atoms with van der Waals surface area (Å²) in [6.45, 7) is 1.91. The maximum absolute atomic E-state index is 13.6. The normalized spacial score (nSPS) is 12.2. The summed E-state index contributed by atoms with van der Waals surface area (Å²) in [5.74, 6) is -5.14. The van der Waals surface area contributed by atoms with Crippen molar-refractivity contribution < 1.29 is 18.0 Å². The number of rotatable bonds is 4. The van der Waals surface area contributed by atoms with Gasteiger partial charge in [0.2, 0.25) is 0 Å². The summed E-state index contributed by atoms with van der Waals surface area (Å²) in [6, 6.07) is 1.62. The summed E-state index contributed by atoms with van der Waals surface area (Å²) in [5.41, 5.74) is -0.531. The molecule has 1 unspecified atom stereocenters. The monoisotopic (exact) mass is 299 g/mol. The molecule has 0 radical (unpaired) electrons. The van der Waals surface area contributed by atoms with Crippen molar-refractivity contribution in [3.05, 3.63) is 41.0 Å². The minimum atomic E-state index is -1.67. The van der Waals surface area contributed by atoms with Crippen molar-refractivity contribution in [2.24, 2.45) is 0 Å². The molecule has 1 atom stereocenters. The zero-order valence-corrected chi connectivity index (χ0v) is 11.3. The Morgan fingerprint density at radius 2 is 2.05 bits per heavy atom. The molecule has 1 heterocycles. The molecule has 1 N–H and O–H groups in total. The lowest BCUT2D eigenvalue weighted by molar-refractivity contribution is 0.0781. The molecule has 0 fully saturated rings.